The maximum Gasteiger partial charge on any atom is 0.240 e. The Morgan fingerprint density at radius 3 is 2.42 bits per heavy atom. The summed E-state index contributed by atoms with van der Waals surface area (Å²) in [5, 5.41) is 0. The molecule has 1 amide bonds. The van der Waals surface area contributed by atoms with Crippen LogP contribution in [0.5, 0.6) is 0 Å². The van der Waals surface area contributed by atoms with Crippen LogP contribution in [0.2, 0.25) is 0 Å². The molecule has 5 nitrogen and oxygen atoms in total. The Bertz CT molecular complexity index is 1010. The average molecular weight is 441 g/mol. The standard InChI is InChI=1S/C25H32N2O3S/c1-2-17-27(23-13-10-20-5-3-4-6-21(20)18-23)25(28)16-9-19-7-14-24(15-8-19)31(29,30)26-22-11-12-22/h3-8,14-15,22-23,26H,2,9-13,16-18H2,1H3. The van der Waals surface area contributed by atoms with Gasteiger partial charge in [0.15, 0.2) is 0 Å². The molecule has 2 aliphatic rings. The number of benzene rings is 2. The molecule has 1 saturated carbocycles. The summed E-state index contributed by atoms with van der Waals surface area (Å²) in [5.74, 6) is 0.193. The van der Waals surface area contributed by atoms with Gasteiger partial charge in [0.2, 0.25) is 15.9 Å². The highest BCUT2D eigenvalue weighted by Gasteiger charge is 2.28. The number of rotatable bonds is 9. The Kier molecular flexibility index (Phi) is 6.77. The van der Waals surface area contributed by atoms with Crippen molar-refractivity contribution in [1.29, 1.82) is 0 Å². The smallest absolute Gasteiger partial charge is 0.240 e. The van der Waals surface area contributed by atoms with Crippen LogP contribution in [0.15, 0.2) is 53.4 Å². The number of aryl methyl sites for hydroxylation is 2. The fraction of sp³-hybridized carbons (Fsp3) is 0.480. The first-order chi connectivity index (χ1) is 15.0. The van der Waals surface area contributed by atoms with E-state index < -0.39 is 10.0 Å². The fourth-order valence-electron chi connectivity index (χ4n) is 4.42. The van der Waals surface area contributed by atoms with Crippen molar-refractivity contribution < 1.29 is 13.2 Å². The van der Waals surface area contributed by atoms with Crippen molar-refractivity contribution in [2.24, 2.45) is 0 Å². The van der Waals surface area contributed by atoms with Crippen LogP contribution >= 0.6 is 0 Å². The van der Waals surface area contributed by atoms with Crippen molar-refractivity contribution in [2.75, 3.05) is 6.54 Å². The zero-order chi connectivity index (χ0) is 21.8. The van der Waals surface area contributed by atoms with Gasteiger partial charge < -0.3 is 4.90 Å². The van der Waals surface area contributed by atoms with E-state index in [2.05, 4.69) is 40.8 Å². The Hall–Kier alpha value is -2.18. The molecule has 1 atom stereocenters. The summed E-state index contributed by atoms with van der Waals surface area (Å²) in [6.45, 7) is 2.90. The predicted octanol–water partition coefficient (Wildman–Crippen LogP) is 3.86. The summed E-state index contributed by atoms with van der Waals surface area (Å²) in [6, 6.07) is 15.9. The highest BCUT2D eigenvalue weighted by molar-refractivity contribution is 7.89. The second kappa shape index (κ2) is 9.53. The minimum absolute atomic E-state index is 0.0959. The van der Waals surface area contributed by atoms with E-state index in [1.165, 1.54) is 11.1 Å². The van der Waals surface area contributed by atoms with Crippen LogP contribution in [-0.4, -0.2) is 37.9 Å². The maximum atomic E-state index is 13.1. The van der Waals surface area contributed by atoms with E-state index in [0.29, 0.717) is 17.7 Å². The molecule has 1 fully saturated rings. The number of nitrogens with one attached hydrogen (secondary N) is 1. The van der Waals surface area contributed by atoms with Gasteiger partial charge in [0.1, 0.15) is 0 Å². The normalized spacial score (nSPS) is 18.4. The SMILES string of the molecule is CCCN(C(=O)CCc1ccc(S(=O)(=O)NC2CC2)cc1)C1CCc2ccccc2C1. The highest BCUT2D eigenvalue weighted by Crippen LogP contribution is 2.26. The van der Waals surface area contributed by atoms with Gasteiger partial charge in [-0.2, -0.15) is 0 Å². The first-order valence-corrected chi connectivity index (χ1v) is 12.9. The quantitative estimate of drug-likeness (QED) is 0.644. The van der Waals surface area contributed by atoms with Gasteiger partial charge in [-0.25, -0.2) is 13.1 Å². The third-order valence-electron chi connectivity index (χ3n) is 6.31. The summed E-state index contributed by atoms with van der Waals surface area (Å²) >= 11 is 0. The van der Waals surface area contributed by atoms with E-state index in [4.69, 9.17) is 0 Å². The molecule has 4 rings (SSSR count). The lowest BCUT2D eigenvalue weighted by Crippen LogP contribution is -2.44. The lowest BCUT2D eigenvalue weighted by molar-refractivity contribution is -0.133. The number of carbonyl (C=O) groups excluding carboxylic acids is 1. The Labute approximate surface area is 185 Å². The van der Waals surface area contributed by atoms with E-state index >= 15 is 0 Å². The van der Waals surface area contributed by atoms with Crippen LogP contribution in [0.3, 0.4) is 0 Å². The number of nitrogens with zero attached hydrogens (tertiary/aromatic N) is 1. The lowest BCUT2D eigenvalue weighted by Gasteiger charge is -2.35. The van der Waals surface area contributed by atoms with Crippen LogP contribution in [0, 0.1) is 0 Å². The van der Waals surface area contributed by atoms with Gasteiger partial charge in [0, 0.05) is 25.0 Å². The molecule has 2 aromatic rings. The zero-order valence-electron chi connectivity index (χ0n) is 18.2. The summed E-state index contributed by atoms with van der Waals surface area (Å²) in [6.07, 6.45) is 6.83. The first kappa shape index (κ1) is 22.0. The van der Waals surface area contributed by atoms with Crippen LogP contribution in [0.1, 0.15) is 55.7 Å². The van der Waals surface area contributed by atoms with Gasteiger partial charge in [-0.3, -0.25) is 4.79 Å². The topological polar surface area (TPSA) is 66.5 Å². The molecule has 0 aliphatic heterocycles. The van der Waals surface area contributed by atoms with E-state index in [-0.39, 0.29) is 18.0 Å². The van der Waals surface area contributed by atoms with E-state index in [9.17, 15) is 13.2 Å². The Morgan fingerprint density at radius 2 is 1.74 bits per heavy atom. The molecule has 0 aromatic heterocycles. The minimum atomic E-state index is -3.43. The maximum absolute atomic E-state index is 13.1. The van der Waals surface area contributed by atoms with Crippen molar-refractivity contribution in [3.05, 3.63) is 65.2 Å². The Balaban J connectivity index is 1.36. The van der Waals surface area contributed by atoms with E-state index in [1.807, 2.05) is 12.1 Å². The van der Waals surface area contributed by atoms with E-state index in [0.717, 1.165) is 50.6 Å². The number of amides is 1. The van der Waals surface area contributed by atoms with Gasteiger partial charge in [-0.15, -0.1) is 0 Å². The van der Waals surface area contributed by atoms with Crippen molar-refractivity contribution in [3.8, 4) is 0 Å². The molecule has 0 bridgehead atoms. The van der Waals surface area contributed by atoms with Crippen molar-refractivity contribution >= 4 is 15.9 Å². The molecule has 2 aliphatic carbocycles. The number of fused-ring (bicyclic) bond motifs is 1. The summed E-state index contributed by atoms with van der Waals surface area (Å²) < 4.78 is 27.3. The molecular weight excluding hydrogens is 408 g/mol. The average Bonchev–Trinajstić information content (AvgIpc) is 3.59. The number of sulfonamides is 1. The molecule has 0 spiro atoms. The molecule has 2 aromatic carbocycles. The van der Waals surface area contributed by atoms with Gasteiger partial charge in [0.25, 0.3) is 0 Å². The number of hydrogen-bond acceptors (Lipinski definition) is 3. The second-order valence-corrected chi connectivity index (χ2v) is 10.5. The highest BCUT2D eigenvalue weighted by atomic mass is 32.2. The lowest BCUT2D eigenvalue weighted by atomic mass is 9.87. The molecule has 6 heteroatoms. The van der Waals surface area contributed by atoms with Crippen molar-refractivity contribution in [3.63, 3.8) is 0 Å². The molecular formula is C25H32N2O3S. The molecule has 166 valence electrons. The van der Waals surface area contributed by atoms with Crippen molar-refractivity contribution in [2.45, 2.75) is 75.3 Å². The van der Waals surface area contributed by atoms with Crippen LogP contribution in [-0.2, 0) is 34.1 Å². The van der Waals surface area contributed by atoms with Gasteiger partial charge >= 0.3 is 0 Å². The van der Waals surface area contributed by atoms with Crippen LogP contribution in [0.25, 0.3) is 0 Å². The van der Waals surface area contributed by atoms with E-state index in [1.54, 1.807) is 12.1 Å². The largest absolute Gasteiger partial charge is 0.339 e. The number of hydrogen-bond donors (Lipinski definition) is 1. The summed E-state index contributed by atoms with van der Waals surface area (Å²) in [7, 11) is -3.43. The molecule has 1 unspecified atom stereocenters. The van der Waals surface area contributed by atoms with Crippen LogP contribution < -0.4 is 4.72 Å². The third-order valence-corrected chi connectivity index (χ3v) is 7.84. The summed E-state index contributed by atoms with van der Waals surface area (Å²) in [5.41, 5.74) is 3.77. The molecule has 0 heterocycles. The fourth-order valence-corrected chi connectivity index (χ4v) is 5.72. The molecule has 1 N–H and O–H groups in total. The third kappa shape index (κ3) is 5.55. The molecule has 0 saturated heterocycles. The van der Waals surface area contributed by atoms with Gasteiger partial charge in [-0.05, 0) is 73.8 Å². The zero-order valence-corrected chi connectivity index (χ0v) is 19.0. The second-order valence-electron chi connectivity index (χ2n) is 8.79. The van der Waals surface area contributed by atoms with Gasteiger partial charge in [-0.1, -0.05) is 43.3 Å². The minimum Gasteiger partial charge on any atom is -0.339 e. The molecule has 0 radical (unpaired) electrons. The van der Waals surface area contributed by atoms with Crippen molar-refractivity contribution in [1.82, 2.24) is 9.62 Å². The van der Waals surface area contributed by atoms with Crippen LogP contribution in [0.4, 0.5) is 0 Å². The first-order valence-electron chi connectivity index (χ1n) is 11.4. The van der Waals surface area contributed by atoms with Gasteiger partial charge in [0.05, 0.1) is 4.90 Å². The summed E-state index contributed by atoms with van der Waals surface area (Å²) in [4.78, 5) is 15.5. The predicted molar refractivity (Wildman–Crippen MR) is 122 cm³/mol. The number of carbonyl (C=O) groups is 1. The Morgan fingerprint density at radius 1 is 1.03 bits per heavy atom. The monoisotopic (exact) mass is 440 g/mol. The molecule has 31 heavy (non-hydrogen) atoms.